The van der Waals surface area contributed by atoms with Crippen LogP contribution in [0.15, 0.2) is 12.3 Å². The van der Waals surface area contributed by atoms with Crippen molar-refractivity contribution in [2.24, 2.45) is 5.73 Å². The Morgan fingerprint density at radius 1 is 1.61 bits per heavy atom. The summed E-state index contributed by atoms with van der Waals surface area (Å²) in [6, 6.07) is 1.22. The SMILES string of the molecule is Cc1ncc([N+](=O)[O-])cc1C(=O)NCCCN.Cl. The summed E-state index contributed by atoms with van der Waals surface area (Å²) in [5.41, 5.74) is 5.78. The lowest BCUT2D eigenvalue weighted by atomic mass is 10.2. The van der Waals surface area contributed by atoms with Crippen LogP contribution in [-0.2, 0) is 0 Å². The third kappa shape index (κ3) is 4.27. The van der Waals surface area contributed by atoms with Gasteiger partial charge in [-0.2, -0.15) is 0 Å². The van der Waals surface area contributed by atoms with Crippen LogP contribution >= 0.6 is 12.4 Å². The number of amides is 1. The molecule has 0 aliphatic heterocycles. The molecule has 0 aliphatic rings. The molecule has 7 nitrogen and oxygen atoms in total. The van der Waals surface area contributed by atoms with Crippen molar-refractivity contribution in [3.05, 3.63) is 33.6 Å². The normalized spacial score (nSPS) is 9.44. The van der Waals surface area contributed by atoms with Crippen molar-refractivity contribution in [1.82, 2.24) is 10.3 Å². The first-order chi connectivity index (χ1) is 8.06. The molecule has 1 aromatic heterocycles. The van der Waals surface area contributed by atoms with Crippen LogP contribution in [0, 0.1) is 17.0 Å². The van der Waals surface area contributed by atoms with E-state index >= 15 is 0 Å². The Balaban J connectivity index is 0.00000289. The number of hydrogen-bond acceptors (Lipinski definition) is 5. The molecule has 0 aromatic carbocycles. The quantitative estimate of drug-likeness (QED) is 0.469. The van der Waals surface area contributed by atoms with Crippen LogP contribution in [-0.4, -0.2) is 28.9 Å². The summed E-state index contributed by atoms with van der Waals surface area (Å²) < 4.78 is 0. The van der Waals surface area contributed by atoms with Crippen LogP contribution in [0.3, 0.4) is 0 Å². The molecule has 0 fully saturated rings. The Morgan fingerprint density at radius 2 is 2.28 bits per heavy atom. The number of halogens is 1. The highest BCUT2D eigenvalue weighted by Crippen LogP contribution is 2.14. The standard InChI is InChI=1S/C10H14N4O3.ClH/c1-7-9(10(15)12-4-2-3-11)5-8(6-13-7)14(16)17;/h5-6H,2-4,11H2,1H3,(H,12,15);1H. The van der Waals surface area contributed by atoms with Gasteiger partial charge in [0.1, 0.15) is 6.20 Å². The Hall–Kier alpha value is -1.73. The summed E-state index contributed by atoms with van der Waals surface area (Å²) >= 11 is 0. The van der Waals surface area contributed by atoms with Gasteiger partial charge in [-0.15, -0.1) is 12.4 Å². The number of aromatic nitrogens is 1. The van der Waals surface area contributed by atoms with Crippen LogP contribution in [0.2, 0.25) is 0 Å². The summed E-state index contributed by atoms with van der Waals surface area (Å²) in [4.78, 5) is 25.5. The summed E-state index contributed by atoms with van der Waals surface area (Å²) in [5, 5.41) is 13.2. The predicted octanol–water partition coefficient (Wildman–Crippen LogP) is 0.799. The Kier molecular flexibility index (Phi) is 6.84. The van der Waals surface area contributed by atoms with E-state index in [1.54, 1.807) is 6.92 Å². The van der Waals surface area contributed by atoms with Gasteiger partial charge in [0, 0.05) is 12.6 Å². The van der Waals surface area contributed by atoms with Crippen LogP contribution in [0.4, 0.5) is 5.69 Å². The van der Waals surface area contributed by atoms with E-state index in [0.717, 1.165) is 6.20 Å². The fourth-order valence-electron chi connectivity index (χ4n) is 1.25. The average molecular weight is 275 g/mol. The number of hydrogen-bond donors (Lipinski definition) is 2. The third-order valence-electron chi connectivity index (χ3n) is 2.19. The smallest absolute Gasteiger partial charge is 0.288 e. The number of carbonyl (C=O) groups is 1. The average Bonchev–Trinajstić information content (AvgIpc) is 2.29. The first-order valence-electron chi connectivity index (χ1n) is 5.15. The van der Waals surface area contributed by atoms with Crippen molar-refractivity contribution < 1.29 is 9.72 Å². The lowest BCUT2D eigenvalue weighted by Gasteiger charge is -2.06. The molecule has 1 heterocycles. The van der Waals surface area contributed by atoms with Crippen molar-refractivity contribution in [3.63, 3.8) is 0 Å². The molecule has 1 rings (SSSR count). The molecule has 100 valence electrons. The number of rotatable bonds is 5. The third-order valence-corrected chi connectivity index (χ3v) is 2.19. The van der Waals surface area contributed by atoms with Gasteiger partial charge in [-0.05, 0) is 19.9 Å². The monoisotopic (exact) mass is 274 g/mol. The zero-order valence-corrected chi connectivity index (χ0v) is 10.7. The van der Waals surface area contributed by atoms with Gasteiger partial charge >= 0.3 is 0 Å². The molecule has 0 spiro atoms. The van der Waals surface area contributed by atoms with Gasteiger partial charge in [0.05, 0.1) is 16.2 Å². The first kappa shape index (κ1) is 16.3. The highest BCUT2D eigenvalue weighted by atomic mass is 35.5. The molecule has 0 saturated carbocycles. The van der Waals surface area contributed by atoms with Crippen LogP contribution < -0.4 is 11.1 Å². The zero-order valence-electron chi connectivity index (χ0n) is 9.88. The second-order valence-electron chi connectivity index (χ2n) is 3.48. The number of nitro groups is 1. The molecule has 1 amide bonds. The second kappa shape index (κ2) is 7.57. The lowest BCUT2D eigenvalue weighted by molar-refractivity contribution is -0.385. The summed E-state index contributed by atoms with van der Waals surface area (Å²) in [7, 11) is 0. The van der Waals surface area contributed by atoms with Gasteiger partial charge < -0.3 is 11.1 Å². The molecule has 0 radical (unpaired) electrons. The number of carbonyl (C=O) groups excluding carboxylic acids is 1. The predicted molar refractivity (Wildman–Crippen MR) is 68.9 cm³/mol. The van der Waals surface area contributed by atoms with Gasteiger partial charge in [0.15, 0.2) is 0 Å². The van der Waals surface area contributed by atoms with Crippen LogP contribution in [0.1, 0.15) is 22.5 Å². The Morgan fingerprint density at radius 3 is 2.83 bits per heavy atom. The first-order valence-corrected chi connectivity index (χ1v) is 5.15. The minimum absolute atomic E-state index is 0. The molecular formula is C10H15ClN4O3. The van der Waals surface area contributed by atoms with Crippen LogP contribution in [0.25, 0.3) is 0 Å². The number of nitrogens with zero attached hydrogens (tertiary/aromatic N) is 2. The van der Waals surface area contributed by atoms with Crippen molar-refractivity contribution in [2.45, 2.75) is 13.3 Å². The van der Waals surface area contributed by atoms with Crippen molar-refractivity contribution in [2.75, 3.05) is 13.1 Å². The van der Waals surface area contributed by atoms with Crippen molar-refractivity contribution in [3.8, 4) is 0 Å². The molecule has 0 unspecified atom stereocenters. The molecule has 8 heteroatoms. The molecule has 18 heavy (non-hydrogen) atoms. The van der Waals surface area contributed by atoms with E-state index in [-0.39, 0.29) is 29.6 Å². The van der Waals surface area contributed by atoms with E-state index in [0.29, 0.717) is 25.2 Å². The molecule has 0 saturated heterocycles. The van der Waals surface area contributed by atoms with Gasteiger partial charge in [0.2, 0.25) is 0 Å². The van der Waals surface area contributed by atoms with Crippen molar-refractivity contribution in [1.29, 1.82) is 0 Å². The van der Waals surface area contributed by atoms with Crippen molar-refractivity contribution >= 4 is 24.0 Å². The summed E-state index contributed by atoms with van der Waals surface area (Å²) in [6.07, 6.45) is 1.79. The minimum Gasteiger partial charge on any atom is -0.352 e. The fourth-order valence-corrected chi connectivity index (χ4v) is 1.25. The van der Waals surface area contributed by atoms with E-state index in [4.69, 9.17) is 5.73 Å². The van der Waals surface area contributed by atoms with Crippen LogP contribution in [0.5, 0.6) is 0 Å². The van der Waals surface area contributed by atoms with E-state index < -0.39 is 4.92 Å². The number of aryl methyl sites for hydroxylation is 1. The summed E-state index contributed by atoms with van der Waals surface area (Å²) in [5.74, 6) is -0.368. The molecule has 3 N–H and O–H groups in total. The largest absolute Gasteiger partial charge is 0.352 e. The topological polar surface area (TPSA) is 111 Å². The Labute approximate surface area is 110 Å². The van der Waals surface area contributed by atoms with E-state index in [9.17, 15) is 14.9 Å². The van der Waals surface area contributed by atoms with Gasteiger partial charge in [-0.25, -0.2) is 0 Å². The Bertz CT molecular complexity index is 439. The molecule has 0 bridgehead atoms. The highest BCUT2D eigenvalue weighted by molar-refractivity contribution is 5.95. The minimum atomic E-state index is -0.580. The zero-order chi connectivity index (χ0) is 12.8. The second-order valence-corrected chi connectivity index (χ2v) is 3.48. The molecule has 1 aromatic rings. The molecule has 0 aliphatic carbocycles. The van der Waals surface area contributed by atoms with E-state index in [1.807, 2.05) is 0 Å². The van der Waals surface area contributed by atoms with Gasteiger partial charge in [-0.3, -0.25) is 19.9 Å². The van der Waals surface area contributed by atoms with E-state index in [1.165, 1.54) is 6.07 Å². The fraction of sp³-hybridized carbons (Fsp3) is 0.400. The van der Waals surface area contributed by atoms with E-state index in [2.05, 4.69) is 10.3 Å². The maximum Gasteiger partial charge on any atom is 0.288 e. The molecule has 0 atom stereocenters. The number of nitrogens with two attached hydrogens (primary N) is 1. The number of nitrogens with one attached hydrogen (secondary N) is 1. The maximum atomic E-state index is 11.7. The lowest BCUT2D eigenvalue weighted by Crippen LogP contribution is -2.26. The van der Waals surface area contributed by atoms with Gasteiger partial charge in [-0.1, -0.05) is 0 Å². The molecular weight excluding hydrogens is 260 g/mol. The maximum absolute atomic E-state index is 11.7. The number of pyridine rings is 1. The summed E-state index contributed by atoms with van der Waals surface area (Å²) in [6.45, 7) is 2.55. The highest BCUT2D eigenvalue weighted by Gasteiger charge is 2.15. The van der Waals surface area contributed by atoms with Gasteiger partial charge in [0.25, 0.3) is 11.6 Å².